The summed E-state index contributed by atoms with van der Waals surface area (Å²) in [5.74, 6) is 0.304. The van der Waals surface area contributed by atoms with Gasteiger partial charge in [0.15, 0.2) is 5.82 Å². The Labute approximate surface area is 139 Å². The number of hydrogen-bond acceptors (Lipinski definition) is 5. The molecule has 0 atom stereocenters. The number of para-hydroxylation sites is 1. The average molecular weight is 330 g/mol. The second kappa shape index (κ2) is 8.28. The van der Waals surface area contributed by atoms with Crippen molar-refractivity contribution < 1.29 is 9.59 Å². The Morgan fingerprint density at radius 1 is 1.04 bits per heavy atom. The van der Waals surface area contributed by atoms with E-state index in [0.29, 0.717) is 10.8 Å². The molecule has 0 aliphatic carbocycles. The van der Waals surface area contributed by atoms with Crippen LogP contribution in [-0.2, 0) is 9.59 Å². The normalized spacial score (nSPS) is 10.4. The number of rotatable bonds is 6. The molecule has 7 heteroatoms. The van der Waals surface area contributed by atoms with Crippen LogP contribution >= 0.6 is 11.8 Å². The lowest BCUT2D eigenvalue weighted by molar-refractivity contribution is -0.119. The first kappa shape index (κ1) is 17.0. The molecule has 2 rings (SSSR count). The van der Waals surface area contributed by atoms with Gasteiger partial charge in [0.05, 0.1) is 5.75 Å². The molecule has 1 heterocycles. The number of benzene rings is 1. The molecule has 0 bridgehead atoms. The van der Waals surface area contributed by atoms with E-state index >= 15 is 0 Å². The van der Waals surface area contributed by atoms with Crippen molar-refractivity contribution in [1.29, 1.82) is 0 Å². The Hall–Kier alpha value is -2.41. The molecule has 2 amide bonds. The predicted octanol–water partition coefficient (Wildman–Crippen LogP) is 2.80. The zero-order chi connectivity index (χ0) is 16.7. The van der Waals surface area contributed by atoms with Crippen LogP contribution in [0.4, 0.5) is 11.5 Å². The first-order valence-electron chi connectivity index (χ1n) is 7.17. The minimum absolute atomic E-state index is 0.109. The molecule has 6 nitrogen and oxygen atoms in total. The topological polar surface area (TPSA) is 84.0 Å². The third kappa shape index (κ3) is 5.71. The van der Waals surface area contributed by atoms with Gasteiger partial charge in [0.25, 0.3) is 0 Å². The largest absolute Gasteiger partial charge is 0.325 e. The molecule has 0 aliphatic heterocycles. The van der Waals surface area contributed by atoms with Gasteiger partial charge in [-0.25, -0.2) is 0 Å². The minimum atomic E-state index is -0.118. The molecule has 0 spiro atoms. The Balaban J connectivity index is 1.82. The number of aromatic nitrogens is 2. The fraction of sp³-hybridized carbons (Fsp3) is 0.250. The fourth-order valence-electron chi connectivity index (χ4n) is 1.59. The van der Waals surface area contributed by atoms with Crippen molar-refractivity contribution >= 4 is 35.1 Å². The molecule has 0 fully saturated rings. The highest BCUT2D eigenvalue weighted by atomic mass is 32.2. The first-order chi connectivity index (χ1) is 11.0. The van der Waals surface area contributed by atoms with Crippen LogP contribution in [0.15, 0.2) is 47.5 Å². The molecule has 1 aromatic heterocycles. The molecule has 0 radical (unpaired) electrons. The summed E-state index contributed by atoms with van der Waals surface area (Å²) in [6.07, 6.45) is 0. The summed E-state index contributed by atoms with van der Waals surface area (Å²) >= 11 is 1.28. The van der Waals surface area contributed by atoms with Crippen molar-refractivity contribution in [1.82, 2.24) is 10.2 Å². The standard InChI is InChI=1S/C16H18N4O2S/c1-11(2)16(22)18-13-8-9-15(20-19-13)23-10-14(21)17-12-6-4-3-5-7-12/h3-9,11H,10H2,1-2H3,(H,17,21)(H,18,19,22). The van der Waals surface area contributed by atoms with Gasteiger partial charge in [0, 0.05) is 11.6 Å². The molecular weight excluding hydrogens is 312 g/mol. The van der Waals surface area contributed by atoms with E-state index in [4.69, 9.17) is 0 Å². The van der Waals surface area contributed by atoms with Crippen molar-refractivity contribution in [3.05, 3.63) is 42.5 Å². The van der Waals surface area contributed by atoms with Crippen molar-refractivity contribution in [3.8, 4) is 0 Å². The van der Waals surface area contributed by atoms with Crippen LogP contribution in [0.1, 0.15) is 13.8 Å². The average Bonchev–Trinajstić information content (AvgIpc) is 2.55. The maximum Gasteiger partial charge on any atom is 0.234 e. The van der Waals surface area contributed by atoms with Crippen molar-refractivity contribution in [2.45, 2.75) is 18.9 Å². The van der Waals surface area contributed by atoms with Crippen LogP contribution in [0.25, 0.3) is 0 Å². The van der Waals surface area contributed by atoms with Gasteiger partial charge >= 0.3 is 0 Å². The summed E-state index contributed by atoms with van der Waals surface area (Å²) in [6.45, 7) is 3.61. The quantitative estimate of drug-likeness (QED) is 0.796. The van der Waals surface area contributed by atoms with Gasteiger partial charge in [-0.05, 0) is 24.3 Å². The summed E-state index contributed by atoms with van der Waals surface area (Å²) in [5, 5.41) is 14.0. The highest BCUT2D eigenvalue weighted by Crippen LogP contribution is 2.16. The molecule has 0 aliphatic rings. The van der Waals surface area contributed by atoms with E-state index in [2.05, 4.69) is 20.8 Å². The monoisotopic (exact) mass is 330 g/mol. The Morgan fingerprint density at radius 3 is 2.39 bits per heavy atom. The molecule has 1 aromatic carbocycles. The van der Waals surface area contributed by atoms with Crippen LogP contribution in [0, 0.1) is 5.92 Å². The highest BCUT2D eigenvalue weighted by molar-refractivity contribution is 7.99. The van der Waals surface area contributed by atoms with Crippen LogP contribution in [0.5, 0.6) is 0 Å². The molecule has 120 valence electrons. The number of anilines is 2. The van der Waals surface area contributed by atoms with Gasteiger partial charge in [0.1, 0.15) is 5.03 Å². The van der Waals surface area contributed by atoms with E-state index < -0.39 is 0 Å². The number of hydrogen-bond donors (Lipinski definition) is 2. The Bertz CT molecular complexity index is 660. The number of thioether (sulfide) groups is 1. The maximum absolute atomic E-state index is 11.8. The predicted molar refractivity (Wildman–Crippen MR) is 91.3 cm³/mol. The van der Waals surface area contributed by atoms with Crippen LogP contribution in [-0.4, -0.2) is 27.8 Å². The van der Waals surface area contributed by atoms with Gasteiger partial charge in [0.2, 0.25) is 11.8 Å². The fourth-order valence-corrected chi connectivity index (χ4v) is 2.21. The molecule has 0 saturated carbocycles. The maximum atomic E-state index is 11.8. The number of carbonyl (C=O) groups is 2. The van der Waals surface area contributed by atoms with E-state index in [-0.39, 0.29) is 23.5 Å². The molecule has 0 unspecified atom stereocenters. The first-order valence-corrected chi connectivity index (χ1v) is 8.15. The highest BCUT2D eigenvalue weighted by Gasteiger charge is 2.09. The number of nitrogens with zero attached hydrogens (tertiary/aromatic N) is 2. The zero-order valence-electron chi connectivity index (χ0n) is 12.9. The summed E-state index contributed by atoms with van der Waals surface area (Å²) in [7, 11) is 0. The van der Waals surface area contributed by atoms with E-state index in [1.807, 2.05) is 30.3 Å². The summed E-state index contributed by atoms with van der Waals surface area (Å²) in [6, 6.07) is 12.7. The molecular formula is C16H18N4O2S. The van der Waals surface area contributed by atoms with Crippen LogP contribution < -0.4 is 10.6 Å². The third-order valence-corrected chi connectivity index (χ3v) is 3.74. The van der Waals surface area contributed by atoms with Gasteiger partial charge in [-0.1, -0.05) is 43.8 Å². The lowest BCUT2D eigenvalue weighted by atomic mass is 10.2. The van der Waals surface area contributed by atoms with Gasteiger partial charge in [-0.15, -0.1) is 10.2 Å². The number of carbonyl (C=O) groups excluding carboxylic acids is 2. The summed E-state index contributed by atoms with van der Waals surface area (Å²) in [4.78, 5) is 23.4. The Kier molecular flexibility index (Phi) is 6.10. The minimum Gasteiger partial charge on any atom is -0.325 e. The van der Waals surface area contributed by atoms with E-state index in [1.165, 1.54) is 11.8 Å². The smallest absolute Gasteiger partial charge is 0.234 e. The third-order valence-electron chi connectivity index (χ3n) is 2.82. The van der Waals surface area contributed by atoms with Crippen molar-refractivity contribution in [2.75, 3.05) is 16.4 Å². The molecule has 23 heavy (non-hydrogen) atoms. The molecule has 2 N–H and O–H groups in total. The van der Waals surface area contributed by atoms with Crippen molar-refractivity contribution in [3.63, 3.8) is 0 Å². The summed E-state index contributed by atoms with van der Waals surface area (Å²) < 4.78 is 0. The van der Waals surface area contributed by atoms with Crippen LogP contribution in [0.3, 0.4) is 0 Å². The van der Waals surface area contributed by atoms with Gasteiger partial charge in [-0.3, -0.25) is 9.59 Å². The SMILES string of the molecule is CC(C)C(=O)Nc1ccc(SCC(=O)Nc2ccccc2)nn1. The lowest BCUT2D eigenvalue weighted by Gasteiger charge is -2.07. The lowest BCUT2D eigenvalue weighted by Crippen LogP contribution is -2.18. The van der Waals surface area contributed by atoms with Gasteiger partial charge < -0.3 is 10.6 Å². The van der Waals surface area contributed by atoms with Gasteiger partial charge in [-0.2, -0.15) is 0 Å². The number of nitrogens with one attached hydrogen (secondary N) is 2. The Morgan fingerprint density at radius 2 is 1.78 bits per heavy atom. The summed E-state index contributed by atoms with van der Waals surface area (Å²) in [5.41, 5.74) is 0.760. The second-order valence-electron chi connectivity index (χ2n) is 5.10. The van der Waals surface area contributed by atoms with E-state index in [1.54, 1.807) is 26.0 Å². The number of amides is 2. The van der Waals surface area contributed by atoms with E-state index in [0.717, 1.165) is 5.69 Å². The molecule has 0 saturated heterocycles. The van der Waals surface area contributed by atoms with E-state index in [9.17, 15) is 9.59 Å². The van der Waals surface area contributed by atoms with Crippen molar-refractivity contribution in [2.24, 2.45) is 5.92 Å². The zero-order valence-corrected chi connectivity index (χ0v) is 13.8. The molecule has 2 aromatic rings. The van der Waals surface area contributed by atoms with Crippen LogP contribution in [0.2, 0.25) is 0 Å². The second-order valence-corrected chi connectivity index (χ2v) is 6.10.